The first kappa shape index (κ1) is 17.1. The molecule has 0 aliphatic rings. The molecule has 0 aliphatic heterocycles. The number of nitrogens with one attached hydrogen (secondary N) is 1. The van der Waals surface area contributed by atoms with Crippen molar-refractivity contribution < 1.29 is 14.3 Å². The van der Waals surface area contributed by atoms with Crippen LogP contribution in [0.4, 0.5) is 0 Å². The van der Waals surface area contributed by atoms with Gasteiger partial charge in [-0.25, -0.2) is 5.43 Å². The van der Waals surface area contributed by atoms with Gasteiger partial charge in [-0.05, 0) is 61.0 Å². The van der Waals surface area contributed by atoms with E-state index in [0.29, 0.717) is 17.9 Å². The maximum absolute atomic E-state index is 12.0. The molecule has 0 saturated carbocycles. The Morgan fingerprint density at radius 3 is 2.38 bits per heavy atom. The zero-order chi connectivity index (χ0) is 17.2. The van der Waals surface area contributed by atoms with Crippen molar-refractivity contribution in [3.05, 3.63) is 59.7 Å². The molecule has 2 aromatic carbocycles. The Morgan fingerprint density at radius 2 is 1.75 bits per heavy atom. The second-order valence-corrected chi connectivity index (χ2v) is 4.72. The van der Waals surface area contributed by atoms with E-state index in [2.05, 4.69) is 16.4 Å². The summed E-state index contributed by atoms with van der Waals surface area (Å²) >= 11 is 0. The monoisotopic (exact) mass is 322 g/mol. The van der Waals surface area contributed by atoms with Crippen LogP contribution in [0.15, 0.2) is 53.6 Å². The van der Waals surface area contributed by atoms with Gasteiger partial charge >= 0.3 is 0 Å². The Labute approximate surface area is 141 Å². The van der Waals surface area contributed by atoms with Crippen molar-refractivity contribution >= 4 is 12.1 Å². The molecule has 0 spiro atoms. The lowest BCUT2D eigenvalue weighted by Crippen LogP contribution is -2.17. The molecular weight excluding hydrogens is 304 g/mol. The molecule has 2 aromatic rings. The largest absolute Gasteiger partial charge is 0.494 e. The molecule has 5 heteroatoms. The standard InChI is InChI=1S/C19H18N2O3/c1-3-13-24-18-9-5-15(6-10-18)14-20-21-19(22)16-7-11-17(12-8-16)23-4-2/h1,5-12,14H,4,13H2,2H3,(H,21,22)/b20-14+. The molecule has 0 saturated heterocycles. The molecular formula is C19H18N2O3. The molecule has 0 bridgehead atoms. The highest BCUT2D eigenvalue weighted by molar-refractivity contribution is 5.95. The molecule has 0 heterocycles. The lowest BCUT2D eigenvalue weighted by molar-refractivity contribution is 0.0955. The Bertz CT molecular complexity index is 729. The Hall–Kier alpha value is -3.26. The van der Waals surface area contributed by atoms with Crippen LogP contribution < -0.4 is 14.9 Å². The number of rotatable bonds is 7. The lowest BCUT2D eigenvalue weighted by Gasteiger charge is -2.04. The number of carbonyl (C=O) groups is 1. The van der Waals surface area contributed by atoms with Gasteiger partial charge in [0.05, 0.1) is 12.8 Å². The first-order valence-corrected chi connectivity index (χ1v) is 7.45. The fraction of sp³-hybridized carbons (Fsp3) is 0.158. The lowest BCUT2D eigenvalue weighted by atomic mass is 10.2. The fourth-order valence-electron chi connectivity index (χ4n) is 1.87. The van der Waals surface area contributed by atoms with Gasteiger partial charge in [0.25, 0.3) is 5.91 Å². The summed E-state index contributed by atoms with van der Waals surface area (Å²) in [4.78, 5) is 12.0. The molecule has 0 aromatic heterocycles. The van der Waals surface area contributed by atoms with Gasteiger partial charge in [0.15, 0.2) is 0 Å². The van der Waals surface area contributed by atoms with Gasteiger partial charge in [0.2, 0.25) is 0 Å². The topological polar surface area (TPSA) is 59.9 Å². The van der Waals surface area contributed by atoms with E-state index in [1.165, 1.54) is 0 Å². The third-order valence-corrected chi connectivity index (χ3v) is 3.01. The molecule has 0 unspecified atom stereocenters. The number of amides is 1. The minimum Gasteiger partial charge on any atom is -0.494 e. The second kappa shape index (κ2) is 9.01. The van der Waals surface area contributed by atoms with Crippen LogP contribution in [-0.4, -0.2) is 25.3 Å². The number of hydrazone groups is 1. The fourth-order valence-corrected chi connectivity index (χ4v) is 1.87. The van der Waals surface area contributed by atoms with Gasteiger partial charge < -0.3 is 9.47 Å². The average Bonchev–Trinajstić information content (AvgIpc) is 2.62. The van der Waals surface area contributed by atoms with Crippen molar-refractivity contribution in [2.45, 2.75) is 6.92 Å². The number of hydrogen-bond acceptors (Lipinski definition) is 4. The molecule has 122 valence electrons. The Kier molecular flexibility index (Phi) is 6.42. The first-order chi connectivity index (χ1) is 11.7. The summed E-state index contributed by atoms with van der Waals surface area (Å²) in [5.41, 5.74) is 3.82. The average molecular weight is 322 g/mol. The van der Waals surface area contributed by atoms with Gasteiger partial charge in [-0.1, -0.05) is 5.92 Å². The van der Waals surface area contributed by atoms with E-state index in [9.17, 15) is 4.79 Å². The second-order valence-electron chi connectivity index (χ2n) is 4.72. The van der Waals surface area contributed by atoms with E-state index in [0.717, 1.165) is 11.3 Å². The zero-order valence-electron chi connectivity index (χ0n) is 13.4. The van der Waals surface area contributed by atoms with E-state index in [4.69, 9.17) is 15.9 Å². The summed E-state index contributed by atoms with van der Waals surface area (Å²) in [7, 11) is 0. The van der Waals surface area contributed by atoms with Gasteiger partial charge in [0.1, 0.15) is 18.1 Å². The van der Waals surface area contributed by atoms with Gasteiger partial charge in [-0.15, -0.1) is 6.42 Å². The normalized spacial score (nSPS) is 10.2. The van der Waals surface area contributed by atoms with Crippen molar-refractivity contribution in [2.24, 2.45) is 5.10 Å². The van der Waals surface area contributed by atoms with Crippen LogP contribution in [-0.2, 0) is 0 Å². The molecule has 0 radical (unpaired) electrons. The van der Waals surface area contributed by atoms with Crippen LogP contribution in [0.1, 0.15) is 22.8 Å². The van der Waals surface area contributed by atoms with Crippen LogP contribution in [0.25, 0.3) is 0 Å². The molecule has 0 atom stereocenters. The van der Waals surface area contributed by atoms with Crippen LogP contribution in [0, 0.1) is 12.3 Å². The third-order valence-electron chi connectivity index (χ3n) is 3.01. The molecule has 0 fully saturated rings. The van der Waals surface area contributed by atoms with Crippen molar-refractivity contribution in [3.8, 4) is 23.8 Å². The maximum Gasteiger partial charge on any atom is 0.271 e. The van der Waals surface area contributed by atoms with Gasteiger partial charge in [0, 0.05) is 5.56 Å². The summed E-state index contributed by atoms with van der Waals surface area (Å²) in [6, 6.07) is 14.1. The van der Waals surface area contributed by atoms with Crippen LogP contribution in [0.5, 0.6) is 11.5 Å². The number of terminal acetylenes is 1. The predicted octanol–water partition coefficient (Wildman–Crippen LogP) is 2.86. The van der Waals surface area contributed by atoms with Gasteiger partial charge in [-0.2, -0.15) is 5.10 Å². The highest BCUT2D eigenvalue weighted by Gasteiger charge is 2.04. The maximum atomic E-state index is 12.0. The Balaban J connectivity index is 1.88. The highest BCUT2D eigenvalue weighted by Crippen LogP contribution is 2.12. The quantitative estimate of drug-likeness (QED) is 0.484. The first-order valence-electron chi connectivity index (χ1n) is 7.45. The molecule has 2 rings (SSSR count). The number of benzene rings is 2. The van der Waals surface area contributed by atoms with Crippen molar-refractivity contribution in [2.75, 3.05) is 13.2 Å². The molecule has 1 N–H and O–H groups in total. The summed E-state index contributed by atoms with van der Waals surface area (Å²) < 4.78 is 10.6. The van der Waals surface area contributed by atoms with E-state index in [1.54, 1.807) is 42.6 Å². The summed E-state index contributed by atoms with van der Waals surface area (Å²) in [6.45, 7) is 2.72. The molecule has 24 heavy (non-hydrogen) atoms. The molecule has 1 amide bonds. The highest BCUT2D eigenvalue weighted by atomic mass is 16.5. The minimum atomic E-state index is -0.289. The SMILES string of the molecule is C#CCOc1ccc(/C=N/NC(=O)c2ccc(OCC)cc2)cc1. The van der Waals surface area contributed by atoms with Crippen molar-refractivity contribution in [1.82, 2.24) is 5.43 Å². The minimum absolute atomic E-state index is 0.228. The van der Waals surface area contributed by atoms with Crippen molar-refractivity contribution in [1.29, 1.82) is 0 Å². The summed E-state index contributed by atoms with van der Waals surface area (Å²) in [5, 5.41) is 3.94. The smallest absolute Gasteiger partial charge is 0.271 e. The van der Waals surface area contributed by atoms with E-state index < -0.39 is 0 Å². The van der Waals surface area contributed by atoms with Crippen LogP contribution >= 0.6 is 0 Å². The number of ether oxygens (including phenoxy) is 2. The molecule has 5 nitrogen and oxygen atoms in total. The number of carbonyl (C=O) groups excluding carboxylic acids is 1. The van der Waals surface area contributed by atoms with Gasteiger partial charge in [-0.3, -0.25) is 4.79 Å². The van der Waals surface area contributed by atoms with E-state index >= 15 is 0 Å². The zero-order valence-corrected chi connectivity index (χ0v) is 13.4. The van der Waals surface area contributed by atoms with Crippen molar-refractivity contribution in [3.63, 3.8) is 0 Å². The van der Waals surface area contributed by atoms with E-state index in [1.807, 2.05) is 19.1 Å². The van der Waals surface area contributed by atoms with Crippen LogP contribution in [0.2, 0.25) is 0 Å². The predicted molar refractivity (Wildman–Crippen MR) is 93.4 cm³/mol. The number of hydrogen-bond donors (Lipinski definition) is 1. The van der Waals surface area contributed by atoms with E-state index in [-0.39, 0.29) is 12.5 Å². The Morgan fingerprint density at radius 1 is 1.12 bits per heavy atom. The molecule has 0 aliphatic carbocycles. The number of nitrogens with zero attached hydrogens (tertiary/aromatic N) is 1. The summed E-state index contributed by atoms with van der Waals surface area (Å²) in [5.74, 6) is 3.52. The third kappa shape index (κ3) is 5.18. The van der Waals surface area contributed by atoms with Crippen LogP contribution in [0.3, 0.4) is 0 Å². The summed E-state index contributed by atoms with van der Waals surface area (Å²) in [6.07, 6.45) is 6.68.